The van der Waals surface area contributed by atoms with Crippen LogP contribution < -0.4 is 0 Å². The van der Waals surface area contributed by atoms with E-state index in [0.29, 0.717) is 17.5 Å². The largest absolute Gasteiger partial charge is 0.309 e. The summed E-state index contributed by atoms with van der Waals surface area (Å²) in [6, 6.07) is 64.3. The molecule has 54 heavy (non-hydrogen) atoms. The summed E-state index contributed by atoms with van der Waals surface area (Å²) in [7, 11) is 0. The quantitative estimate of drug-likeness (QED) is 0.174. The van der Waals surface area contributed by atoms with Gasteiger partial charge < -0.3 is 4.57 Å². The normalized spacial score (nSPS) is 12.8. The number of nitrogens with zero attached hydrogens (tertiary/aromatic N) is 4. The molecule has 0 saturated carbocycles. The summed E-state index contributed by atoms with van der Waals surface area (Å²) in [4.78, 5) is 14.7. The third kappa shape index (κ3) is 5.26. The number of aromatic nitrogens is 4. The van der Waals surface area contributed by atoms with Crippen LogP contribution in [0.15, 0.2) is 182 Å². The third-order valence-electron chi connectivity index (χ3n) is 10.9. The molecule has 0 radical (unpaired) electrons. The lowest BCUT2D eigenvalue weighted by molar-refractivity contribution is 0.666. The molecule has 0 amide bonds. The fourth-order valence-corrected chi connectivity index (χ4v) is 8.23. The van der Waals surface area contributed by atoms with E-state index in [0.717, 1.165) is 33.5 Å². The van der Waals surface area contributed by atoms with Gasteiger partial charge in [0.25, 0.3) is 0 Å². The van der Waals surface area contributed by atoms with Crippen LogP contribution in [-0.4, -0.2) is 19.5 Å². The molecule has 0 unspecified atom stereocenters. The van der Waals surface area contributed by atoms with Crippen LogP contribution in [0.25, 0.3) is 84.3 Å². The fourth-order valence-electron chi connectivity index (χ4n) is 8.23. The first-order valence-electron chi connectivity index (χ1n) is 18.5. The maximum atomic E-state index is 4.92. The fraction of sp³-hybridized carbons (Fsp3) is 0.0600. The topological polar surface area (TPSA) is 43.6 Å². The van der Waals surface area contributed by atoms with Crippen molar-refractivity contribution in [1.82, 2.24) is 19.5 Å². The van der Waals surface area contributed by atoms with Gasteiger partial charge in [0.05, 0.1) is 11.2 Å². The van der Waals surface area contributed by atoms with Gasteiger partial charge in [-0.1, -0.05) is 172 Å². The van der Waals surface area contributed by atoms with Crippen LogP contribution in [0, 0.1) is 0 Å². The van der Waals surface area contributed by atoms with Gasteiger partial charge >= 0.3 is 0 Å². The average Bonchev–Trinajstić information content (AvgIpc) is 3.74. The average molecular weight is 693 g/mol. The van der Waals surface area contributed by atoms with E-state index >= 15 is 0 Å². The minimum atomic E-state index is -0.102. The minimum Gasteiger partial charge on any atom is -0.309 e. The van der Waals surface area contributed by atoms with Crippen molar-refractivity contribution >= 4 is 10.9 Å². The Labute approximate surface area is 315 Å². The molecule has 0 aliphatic heterocycles. The second-order valence-corrected chi connectivity index (χ2v) is 14.5. The standard InChI is InChI=1S/C50H36N4/c1-50(2)43-21-13-12-20-40(43)41-30-31-44-42(46(41)50)32-45(54(44)39-18-10-5-11-19-39)35-26-22-33(23-27-35)34-24-28-38(29-25-34)49-52-47(36-14-6-3-7-15-36)51-48(53-49)37-16-8-4-9-17-37/h3-32H,1-2H3. The highest BCUT2D eigenvalue weighted by atomic mass is 15.0. The molecule has 9 aromatic rings. The number of fused-ring (bicyclic) bond motifs is 5. The molecular weight excluding hydrogens is 657 g/mol. The first-order chi connectivity index (χ1) is 26.5. The van der Waals surface area contributed by atoms with E-state index in [4.69, 9.17) is 15.0 Å². The van der Waals surface area contributed by atoms with Gasteiger partial charge in [-0.2, -0.15) is 0 Å². The molecule has 2 heterocycles. The summed E-state index contributed by atoms with van der Waals surface area (Å²) in [6.07, 6.45) is 0. The number of hydrogen-bond acceptors (Lipinski definition) is 3. The SMILES string of the molecule is CC1(C)c2ccccc2-c2ccc3c(cc(-c4ccc(-c5ccc(-c6nc(-c7ccccc7)nc(-c7ccccc7)n6)cc5)cc4)n3-c3ccccc3)c21. The lowest BCUT2D eigenvalue weighted by atomic mass is 9.81. The van der Waals surface area contributed by atoms with Gasteiger partial charge in [0.1, 0.15) is 0 Å². The summed E-state index contributed by atoms with van der Waals surface area (Å²) in [5, 5.41) is 1.30. The molecule has 7 aromatic carbocycles. The molecule has 0 spiro atoms. The Bertz CT molecular complexity index is 2740. The molecule has 4 nitrogen and oxygen atoms in total. The lowest BCUT2D eigenvalue weighted by Crippen LogP contribution is -2.15. The van der Waals surface area contributed by atoms with Crippen LogP contribution >= 0.6 is 0 Å². The van der Waals surface area contributed by atoms with E-state index in [-0.39, 0.29) is 5.41 Å². The third-order valence-corrected chi connectivity index (χ3v) is 10.9. The maximum Gasteiger partial charge on any atom is 0.164 e. The van der Waals surface area contributed by atoms with Crippen LogP contribution in [0.2, 0.25) is 0 Å². The maximum absolute atomic E-state index is 4.92. The van der Waals surface area contributed by atoms with Gasteiger partial charge in [-0.3, -0.25) is 0 Å². The van der Waals surface area contributed by atoms with Gasteiger partial charge in [-0.15, -0.1) is 0 Å². The zero-order valence-corrected chi connectivity index (χ0v) is 30.1. The summed E-state index contributed by atoms with van der Waals surface area (Å²) < 4.78 is 2.42. The molecular formula is C50H36N4. The zero-order chi connectivity index (χ0) is 36.2. The molecule has 0 N–H and O–H groups in total. The second-order valence-electron chi connectivity index (χ2n) is 14.5. The van der Waals surface area contributed by atoms with Crippen LogP contribution in [0.4, 0.5) is 0 Å². The summed E-state index contributed by atoms with van der Waals surface area (Å²) in [5.74, 6) is 1.96. The predicted molar refractivity (Wildman–Crippen MR) is 221 cm³/mol. The molecule has 1 aliphatic rings. The van der Waals surface area contributed by atoms with Crippen molar-refractivity contribution in [2.75, 3.05) is 0 Å². The Morgan fingerprint density at radius 2 is 0.870 bits per heavy atom. The predicted octanol–water partition coefficient (Wildman–Crippen LogP) is 12.5. The first kappa shape index (κ1) is 31.8. The van der Waals surface area contributed by atoms with E-state index in [9.17, 15) is 0 Å². The highest BCUT2D eigenvalue weighted by molar-refractivity contribution is 6.00. The van der Waals surface area contributed by atoms with Crippen molar-refractivity contribution in [3.05, 3.63) is 193 Å². The van der Waals surface area contributed by atoms with Crippen molar-refractivity contribution in [3.8, 4) is 73.4 Å². The Kier molecular flexibility index (Phi) is 7.44. The van der Waals surface area contributed by atoms with Crippen molar-refractivity contribution in [2.45, 2.75) is 19.3 Å². The molecule has 0 bridgehead atoms. The van der Waals surface area contributed by atoms with E-state index in [1.165, 1.54) is 44.4 Å². The van der Waals surface area contributed by atoms with Crippen LogP contribution in [0.5, 0.6) is 0 Å². The van der Waals surface area contributed by atoms with Gasteiger partial charge in [-0.25, -0.2) is 15.0 Å². The summed E-state index contributed by atoms with van der Waals surface area (Å²) in [6.45, 7) is 4.73. The molecule has 256 valence electrons. The lowest BCUT2D eigenvalue weighted by Gasteiger charge is -2.22. The number of para-hydroxylation sites is 1. The monoisotopic (exact) mass is 692 g/mol. The van der Waals surface area contributed by atoms with E-state index in [2.05, 4.69) is 140 Å². The van der Waals surface area contributed by atoms with Gasteiger partial charge in [0, 0.05) is 33.2 Å². The molecule has 0 saturated heterocycles. The first-order valence-corrected chi connectivity index (χ1v) is 18.5. The van der Waals surface area contributed by atoms with Crippen molar-refractivity contribution in [1.29, 1.82) is 0 Å². The van der Waals surface area contributed by atoms with Crippen LogP contribution in [0.3, 0.4) is 0 Å². The molecule has 0 atom stereocenters. The van der Waals surface area contributed by atoms with Crippen molar-refractivity contribution in [2.24, 2.45) is 0 Å². The zero-order valence-electron chi connectivity index (χ0n) is 30.1. The Morgan fingerprint density at radius 3 is 1.44 bits per heavy atom. The van der Waals surface area contributed by atoms with Crippen molar-refractivity contribution < 1.29 is 0 Å². The number of benzene rings is 7. The van der Waals surface area contributed by atoms with E-state index < -0.39 is 0 Å². The molecule has 2 aromatic heterocycles. The molecule has 4 heteroatoms. The number of rotatable bonds is 6. The number of hydrogen-bond donors (Lipinski definition) is 0. The minimum absolute atomic E-state index is 0.102. The van der Waals surface area contributed by atoms with Gasteiger partial charge in [-0.05, 0) is 63.2 Å². The smallest absolute Gasteiger partial charge is 0.164 e. The van der Waals surface area contributed by atoms with Crippen molar-refractivity contribution in [3.63, 3.8) is 0 Å². The Morgan fingerprint density at radius 1 is 0.407 bits per heavy atom. The summed E-state index contributed by atoms with van der Waals surface area (Å²) in [5.41, 5.74) is 15.2. The molecule has 10 rings (SSSR count). The van der Waals surface area contributed by atoms with Gasteiger partial charge in [0.2, 0.25) is 0 Å². The molecule has 0 fully saturated rings. The van der Waals surface area contributed by atoms with Crippen LogP contribution in [-0.2, 0) is 5.41 Å². The Balaban J connectivity index is 1.02. The highest BCUT2D eigenvalue weighted by Crippen LogP contribution is 2.52. The molecule has 1 aliphatic carbocycles. The van der Waals surface area contributed by atoms with E-state index in [1.54, 1.807) is 0 Å². The van der Waals surface area contributed by atoms with Crippen LogP contribution in [0.1, 0.15) is 25.0 Å². The Hall–Kier alpha value is -6.91. The second kappa shape index (κ2) is 12.6. The van der Waals surface area contributed by atoms with Gasteiger partial charge in [0.15, 0.2) is 17.5 Å². The van der Waals surface area contributed by atoms with E-state index in [1.807, 2.05) is 60.7 Å². The summed E-state index contributed by atoms with van der Waals surface area (Å²) >= 11 is 0. The highest BCUT2D eigenvalue weighted by Gasteiger charge is 2.37.